The van der Waals surface area contributed by atoms with Crippen LogP contribution in [-0.4, -0.2) is 35.5 Å². The summed E-state index contributed by atoms with van der Waals surface area (Å²) in [5.74, 6) is 2.19. The van der Waals surface area contributed by atoms with Gasteiger partial charge in [-0.3, -0.25) is 4.79 Å². The van der Waals surface area contributed by atoms with E-state index in [0.717, 1.165) is 43.4 Å². The largest absolute Gasteiger partial charge is 0.356 e. The molecule has 1 aliphatic heterocycles. The second-order valence-electron chi connectivity index (χ2n) is 6.71. The van der Waals surface area contributed by atoms with Crippen molar-refractivity contribution in [2.45, 2.75) is 33.6 Å². The first-order valence-corrected chi connectivity index (χ1v) is 9.06. The first-order chi connectivity index (χ1) is 12.1. The monoisotopic (exact) mass is 338 g/mol. The maximum absolute atomic E-state index is 13.0. The molecule has 25 heavy (non-hydrogen) atoms. The molecule has 0 spiro atoms. The molecule has 1 aromatic heterocycles. The summed E-state index contributed by atoms with van der Waals surface area (Å²) in [6.45, 7) is 8.69. The number of hydrogen-bond acceptors (Lipinski definition) is 4. The van der Waals surface area contributed by atoms with Crippen LogP contribution in [0.1, 0.15) is 43.0 Å². The second kappa shape index (κ2) is 7.64. The number of rotatable bonds is 4. The van der Waals surface area contributed by atoms with Crippen molar-refractivity contribution < 1.29 is 4.79 Å². The third-order valence-electron chi connectivity index (χ3n) is 4.78. The summed E-state index contributed by atoms with van der Waals surface area (Å²) in [5, 5.41) is 0. The fraction of sp³-hybridized carbons (Fsp3) is 0.450. The standard InChI is InChI=1S/C20H26N4O/c1-4-24(17-8-6-5-7-9-17)20(25)18-14-19(22-16(3)21-18)23-12-10-15(2)11-13-23/h5-9,14-15H,4,10-13H2,1-3H3. The van der Waals surface area contributed by atoms with Crippen molar-refractivity contribution in [2.75, 3.05) is 29.4 Å². The van der Waals surface area contributed by atoms with Crippen LogP contribution in [-0.2, 0) is 0 Å². The molecule has 2 aromatic rings. The van der Waals surface area contributed by atoms with Gasteiger partial charge in [-0.15, -0.1) is 0 Å². The van der Waals surface area contributed by atoms with Gasteiger partial charge in [0, 0.05) is 31.4 Å². The van der Waals surface area contributed by atoms with Crippen LogP contribution < -0.4 is 9.80 Å². The molecular weight excluding hydrogens is 312 g/mol. The van der Waals surface area contributed by atoms with Crippen molar-refractivity contribution >= 4 is 17.4 Å². The molecule has 2 heterocycles. The number of benzene rings is 1. The second-order valence-corrected chi connectivity index (χ2v) is 6.71. The molecule has 0 bridgehead atoms. The SMILES string of the molecule is CCN(C(=O)c1cc(N2CCC(C)CC2)nc(C)n1)c1ccccc1. The Kier molecular flexibility index (Phi) is 5.31. The quantitative estimate of drug-likeness (QED) is 0.853. The van der Waals surface area contributed by atoms with Gasteiger partial charge in [0.15, 0.2) is 0 Å². The average molecular weight is 338 g/mol. The van der Waals surface area contributed by atoms with Gasteiger partial charge in [0.05, 0.1) is 0 Å². The van der Waals surface area contributed by atoms with Crippen molar-refractivity contribution in [1.29, 1.82) is 0 Å². The van der Waals surface area contributed by atoms with Gasteiger partial charge in [-0.1, -0.05) is 25.1 Å². The number of amides is 1. The van der Waals surface area contributed by atoms with Crippen LogP contribution in [0.15, 0.2) is 36.4 Å². The molecule has 0 aliphatic carbocycles. The van der Waals surface area contributed by atoms with Crippen LogP contribution >= 0.6 is 0 Å². The predicted molar refractivity (Wildman–Crippen MR) is 101 cm³/mol. The van der Waals surface area contributed by atoms with Gasteiger partial charge in [-0.25, -0.2) is 9.97 Å². The van der Waals surface area contributed by atoms with E-state index in [2.05, 4.69) is 21.8 Å². The molecule has 0 atom stereocenters. The number of piperidine rings is 1. The minimum absolute atomic E-state index is 0.0779. The van der Waals surface area contributed by atoms with E-state index < -0.39 is 0 Å². The van der Waals surface area contributed by atoms with E-state index in [1.165, 1.54) is 0 Å². The lowest BCUT2D eigenvalue weighted by molar-refractivity contribution is 0.0983. The van der Waals surface area contributed by atoms with Crippen molar-refractivity contribution in [3.63, 3.8) is 0 Å². The van der Waals surface area contributed by atoms with Gasteiger partial charge in [0.2, 0.25) is 0 Å². The van der Waals surface area contributed by atoms with E-state index in [0.29, 0.717) is 18.1 Å². The van der Waals surface area contributed by atoms with Gasteiger partial charge in [0.25, 0.3) is 5.91 Å². The number of anilines is 2. The average Bonchev–Trinajstić information content (AvgIpc) is 2.63. The Morgan fingerprint density at radius 3 is 2.52 bits per heavy atom. The lowest BCUT2D eigenvalue weighted by Crippen LogP contribution is -2.35. The fourth-order valence-electron chi connectivity index (χ4n) is 3.25. The van der Waals surface area contributed by atoms with E-state index in [1.807, 2.05) is 50.2 Å². The fourth-order valence-corrected chi connectivity index (χ4v) is 3.25. The molecule has 0 radical (unpaired) electrons. The predicted octanol–water partition coefficient (Wildman–Crippen LogP) is 3.69. The topological polar surface area (TPSA) is 49.3 Å². The third-order valence-corrected chi connectivity index (χ3v) is 4.78. The summed E-state index contributed by atoms with van der Waals surface area (Å²) < 4.78 is 0. The smallest absolute Gasteiger partial charge is 0.277 e. The Labute approximate surface area is 149 Å². The molecule has 1 amide bonds. The highest BCUT2D eigenvalue weighted by molar-refractivity contribution is 6.05. The number of carbonyl (C=O) groups is 1. The molecule has 1 fully saturated rings. The molecule has 1 aliphatic rings. The van der Waals surface area contributed by atoms with E-state index in [1.54, 1.807) is 4.90 Å². The first kappa shape index (κ1) is 17.4. The highest BCUT2D eigenvalue weighted by Crippen LogP contribution is 2.23. The zero-order chi connectivity index (χ0) is 17.8. The molecule has 0 N–H and O–H groups in total. The number of aromatic nitrogens is 2. The lowest BCUT2D eigenvalue weighted by atomic mass is 9.99. The maximum atomic E-state index is 13.0. The van der Waals surface area contributed by atoms with Gasteiger partial charge in [-0.05, 0) is 44.7 Å². The van der Waals surface area contributed by atoms with Crippen molar-refractivity contribution in [3.8, 4) is 0 Å². The summed E-state index contributed by atoms with van der Waals surface area (Å²) in [4.78, 5) is 26.0. The number of nitrogens with zero attached hydrogens (tertiary/aromatic N) is 4. The highest BCUT2D eigenvalue weighted by Gasteiger charge is 2.22. The van der Waals surface area contributed by atoms with E-state index >= 15 is 0 Å². The summed E-state index contributed by atoms with van der Waals surface area (Å²) in [7, 11) is 0. The Bertz CT molecular complexity index is 724. The van der Waals surface area contributed by atoms with Crippen LogP contribution in [0.2, 0.25) is 0 Å². The number of para-hydroxylation sites is 1. The molecule has 1 aromatic carbocycles. The van der Waals surface area contributed by atoms with Crippen LogP contribution in [0.5, 0.6) is 0 Å². The van der Waals surface area contributed by atoms with E-state index in [-0.39, 0.29) is 5.91 Å². The summed E-state index contributed by atoms with van der Waals surface area (Å²) in [6, 6.07) is 11.6. The van der Waals surface area contributed by atoms with Crippen molar-refractivity contribution in [1.82, 2.24) is 9.97 Å². The Morgan fingerprint density at radius 1 is 1.20 bits per heavy atom. The zero-order valence-electron chi connectivity index (χ0n) is 15.3. The lowest BCUT2D eigenvalue weighted by Gasteiger charge is -2.31. The van der Waals surface area contributed by atoms with Gasteiger partial charge < -0.3 is 9.80 Å². The molecular formula is C20H26N4O. The van der Waals surface area contributed by atoms with Gasteiger partial charge >= 0.3 is 0 Å². The van der Waals surface area contributed by atoms with Crippen LogP contribution in [0.3, 0.4) is 0 Å². The van der Waals surface area contributed by atoms with E-state index in [4.69, 9.17) is 0 Å². The molecule has 5 nitrogen and oxygen atoms in total. The molecule has 5 heteroatoms. The minimum Gasteiger partial charge on any atom is -0.356 e. The van der Waals surface area contributed by atoms with Crippen molar-refractivity contribution in [3.05, 3.63) is 47.9 Å². The Morgan fingerprint density at radius 2 is 1.88 bits per heavy atom. The van der Waals surface area contributed by atoms with Crippen LogP contribution in [0, 0.1) is 12.8 Å². The summed E-state index contributed by atoms with van der Waals surface area (Å²) >= 11 is 0. The maximum Gasteiger partial charge on any atom is 0.277 e. The number of hydrogen-bond donors (Lipinski definition) is 0. The Hall–Kier alpha value is -2.43. The van der Waals surface area contributed by atoms with Gasteiger partial charge in [0.1, 0.15) is 17.3 Å². The van der Waals surface area contributed by atoms with Crippen LogP contribution in [0.4, 0.5) is 11.5 Å². The molecule has 0 unspecified atom stereocenters. The summed E-state index contributed by atoms with van der Waals surface area (Å²) in [6.07, 6.45) is 2.33. The number of carbonyl (C=O) groups excluding carboxylic acids is 1. The molecule has 0 saturated carbocycles. The van der Waals surface area contributed by atoms with Crippen molar-refractivity contribution in [2.24, 2.45) is 5.92 Å². The normalized spacial score (nSPS) is 15.2. The molecule has 132 valence electrons. The first-order valence-electron chi connectivity index (χ1n) is 9.06. The summed E-state index contributed by atoms with van der Waals surface area (Å²) in [5.41, 5.74) is 1.35. The van der Waals surface area contributed by atoms with E-state index in [9.17, 15) is 4.79 Å². The molecule has 1 saturated heterocycles. The van der Waals surface area contributed by atoms with Crippen LogP contribution in [0.25, 0.3) is 0 Å². The highest BCUT2D eigenvalue weighted by atomic mass is 16.2. The Balaban J connectivity index is 1.87. The molecule has 3 rings (SSSR count). The zero-order valence-corrected chi connectivity index (χ0v) is 15.3. The third kappa shape index (κ3) is 3.98. The minimum atomic E-state index is -0.0779. The number of aryl methyl sites for hydroxylation is 1. The van der Waals surface area contributed by atoms with Gasteiger partial charge in [-0.2, -0.15) is 0 Å².